The van der Waals surface area contributed by atoms with Crippen molar-refractivity contribution in [2.45, 2.75) is 38.5 Å². The molecule has 1 aliphatic rings. The summed E-state index contributed by atoms with van der Waals surface area (Å²) in [6.07, 6.45) is 1.10. The standard InChI is InChI=1S/C36H36N2O3/c37-32(40)34(23-27-13-5-1-6-14-27)22-21-31(39)35(24-28-15-7-2-8-16-28,25-29-17-9-3-10-18-29)36(34,33(38)41)26-30-19-11-4-12-20-30/h1-20H,21-26H2,(H2,37,40)(H2,38,41). The average Bonchev–Trinajstić information content (AvgIpc) is 2.99. The van der Waals surface area contributed by atoms with Crippen LogP contribution >= 0.6 is 0 Å². The molecule has 2 amide bonds. The van der Waals surface area contributed by atoms with Crippen molar-refractivity contribution < 1.29 is 14.4 Å². The molecule has 5 nitrogen and oxygen atoms in total. The van der Waals surface area contributed by atoms with Gasteiger partial charge in [0.15, 0.2) is 0 Å². The van der Waals surface area contributed by atoms with Crippen LogP contribution in [0.15, 0.2) is 121 Å². The number of nitrogens with two attached hydrogens (primary N) is 2. The second-order valence-electron chi connectivity index (χ2n) is 11.4. The maximum Gasteiger partial charge on any atom is 0.226 e. The van der Waals surface area contributed by atoms with E-state index in [0.717, 1.165) is 22.3 Å². The minimum Gasteiger partial charge on any atom is -0.369 e. The summed E-state index contributed by atoms with van der Waals surface area (Å²) in [6.45, 7) is 0. The lowest BCUT2D eigenvalue weighted by Gasteiger charge is -2.60. The minimum absolute atomic E-state index is 0.0649. The molecule has 4 N–H and O–H groups in total. The van der Waals surface area contributed by atoms with Gasteiger partial charge in [0.1, 0.15) is 5.78 Å². The highest BCUT2D eigenvalue weighted by Crippen LogP contribution is 2.63. The zero-order valence-electron chi connectivity index (χ0n) is 23.2. The lowest BCUT2D eigenvalue weighted by Crippen LogP contribution is -2.72. The van der Waals surface area contributed by atoms with Crippen LogP contribution in [0.25, 0.3) is 0 Å². The van der Waals surface area contributed by atoms with E-state index in [1.54, 1.807) is 0 Å². The largest absolute Gasteiger partial charge is 0.369 e. The molecule has 0 aromatic heterocycles. The van der Waals surface area contributed by atoms with Gasteiger partial charge in [0.05, 0.1) is 16.2 Å². The number of carbonyl (C=O) groups excluding carboxylic acids is 3. The van der Waals surface area contributed by atoms with E-state index in [-0.39, 0.29) is 44.3 Å². The van der Waals surface area contributed by atoms with Crippen LogP contribution in [-0.4, -0.2) is 17.6 Å². The van der Waals surface area contributed by atoms with E-state index < -0.39 is 28.1 Å². The monoisotopic (exact) mass is 544 g/mol. The van der Waals surface area contributed by atoms with Gasteiger partial charge >= 0.3 is 0 Å². The Morgan fingerprint density at radius 1 is 0.537 bits per heavy atom. The third kappa shape index (κ3) is 4.97. The molecule has 0 saturated heterocycles. The molecule has 1 saturated carbocycles. The molecule has 2 atom stereocenters. The molecule has 4 aromatic rings. The average molecular weight is 545 g/mol. The van der Waals surface area contributed by atoms with Crippen LogP contribution in [0.4, 0.5) is 0 Å². The van der Waals surface area contributed by atoms with Crippen molar-refractivity contribution in [2.75, 3.05) is 0 Å². The van der Waals surface area contributed by atoms with Crippen molar-refractivity contribution >= 4 is 17.6 Å². The Morgan fingerprint density at radius 2 is 0.902 bits per heavy atom. The fraction of sp³-hybridized carbons (Fsp3) is 0.250. The normalized spacial score (nSPS) is 21.7. The Balaban J connectivity index is 1.86. The summed E-state index contributed by atoms with van der Waals surface area (Å²) < 4.78 is 0. The molecule has 1 aliphatic carbocycles. The second kappa shape index (κ2) is 11.5. The second-order valence-corrected chi connectivity index (χ2v) is 11.4. The van der Waals surface area contributed by atoms with Crippen LogP contribution in [0.3, 0.4) is 0 Å². The van der Waals surface area contributed by atoms with Crippen LogP contribution < -0.4 is 11.5 Å². The van der Waals surface area contributed by atoms with Gasteiger partial charge in [0.25, 0.3) is 0 Å². The lowest BCUT2D eigenvalue weighted by atomic mass is 9.39. The first-order chi connectivity index (χ1) is 19.8. The number of primary amides is 2. The summed E-state index contributed by atoms with van der Waals surface area (Å²) >= 11 is 0. The maximum atomic E-state index is 14.6. The summed E-state index contributed by atoms with van der Waals surface area (Å²) in [6, 6.07) is 38.5. The molecule has 0 bridgehead atoms. The van der Waals surface area contributed by atoms with E-state index in [1.165, 1.54) is 0 Å². The van der Waals surface area contributed by atoms with E-state index in [4.69, 9.17) is 11.5 Å². The smallest absolute Gasteiger partial charge is 0.226 e. The number of hydrogen-bond acceptors (Lipinski definition) is 3. The maximum absolute atomic E-state index is 14.6. The third-order valence-electron chi connectivity index (χ3n) is 9.20. The van der Waals surface area contributed by atoms with E-state index in [9.17, 15) is 14.4 Å². The highest BCUT2D eigenvalue weighted by Gasteiger charge is 2.72. The van der Waals surface area contributed by atoms with Crippen molar-refractivity contribution in [1.29, 1.82) is 0 Å². The molecule has 0 spiro atoms. The Morgan fingerprint density at radius 3 is 1.27 bits per heavy atom. The minimum atomic E-state index is -1.62. The summed E-state index contributed by atoms with van der Waals surface area (Å²) in [5, 5.41) is 0. The van der Waals surface area contributed by atoms with Crippen LogP contribution in [0.2, 0.25) is 0 Å². The van der Waals surface area contributed by atoms with Crippen LogP contribution in [0.1, 0.15) is 35.1 Å². The molecule has 208 valence electrons. The number of hydrogen-bond donors (Lipinski definition) is 2. The van der Waals surface area contributed by atoms with Gasteiger partial charge in [0, 0.05) is 6.42 Å². The first-order valence-electron chi connectivity index (χ1n) is 14.1. The quantitative estimate of drug-likeness (QED) is 0.285. The topological polar surface area (TPSA) is 103 Å². The summed E-state index contributed by atoms with van der Waals surface area (Å²) in [7, 11) is 0. The molecule has 0 aliphatic heterocycles. The van der Waals surface area contributed by atoms with Gasteiger partial charge in [-0.25, -0.2) is 0 Å². The van der Waals surface area contributed by atoms with Crippen LogP contribution in [0, 0.1) is 16.2 Å². The Labute approximate surface area is 241 Å². The molecular weight excluding hydrogens is 508 g/mol. The summed E-state index contributed by atoms with van der Waals surface area (Å²) in [5.74, 6) is -1.34. The van der Waals surface area contributed by atoms with E-state index in [1.807, 2.05) is 121 Å². The highest BCUT2D eigenvalue weighted by molar-refractivity contribution is 6.02. The zero-order valence-corrected chi connectivity index (χ0v) is 23.2. The molecule has 41 heavy (non-hydrogen) atoms. The predicted octanol–water partition coefficient (Wildman–Crippen LogP) is 5.25. The van der Waals surface area contributed by atoms with Gasteiger partial charge in [-0.15, -0.1) is 0 Å². The van der Waals surface area contributed by atoms with Gasteiger partial charge in [-0.05, 0) is 54.4 Å². The number of carbonyl (C=O) groups is 3. The molecule has 0 heterocycles. The molecule has 0 radical (unpaired) electrons. The highest BCUT2D eigenvalue weighted by atomic mass is 16.2. The summed E-state index contributed by atoms with van der Waals surface area (Å²) in [5.41, 5.74) is 12.1. The zero-order chi connectivity index (χ0) is 28.9. The van der Waals surface area contributed by atoms with Gasteiger partial charge in [0.2, 0.25) is 11.8 Å². The Kier molecular flexibility index (Phi) is 7.89. The van der Waals surface area contributed by atoms with Crippen molar-refractivity contribution in [3.05, 3.63) is 144 Å². The van der Waals surface area contributed by atoms with E-state index >= 15 is 0 Å². The lowest BCUT2D eigenvalue weighted by molar-refractivity contribution is -0.181. The SMILES string of the molecule is NC(=O)C1(Cc2ccccc2)CCC(=O)C(Cc2ccccc2)(Cc2ccccc2)C1(Cc1ccccc1)C(N)=O. The van der Waals surface area contributed by atoms with Crippen molar-refractivity contribution in [3.8, 4) is 0 Å². The number of ketones is 1. The summed E-state index contributed by atoms with van der Waals surface area (Å²) in [4.78, 5) is 43.0. The van der Waals surface area contributed by atoms with Crippen molar-refractivity contribution in [1.82, 2.24) is 0 Å². The fourth-order valence-electron chi connectivity index (χ4n) is 7.33. The van der Waals surface area contributed by atoms with Gasteiger partial charge in [-0.3, -0.25) is 14.4 Å². The molecule has 1 fully saturated rings. The number of Topliss-reactive ketones (excluding diaryl/α,β-unsaturated/α-hetero) is 1. The van der Waals surface area contributed by atoms with Crippen molar-refractivity contribution in [2.24, 2.45) is 27.7 Å². The number of benzene rings is 4. The Bertz CT molecular complexity index is 1460. The molecule has 5 rings (SSSR count). The van der Waals surface area contributed by atoms with Crippen LogP contribution in [-0.2, 0) is 40.1 Å². The first-order valence-corrected chi connectivity index (χ1v) is 14.1. The van der Waals surface area contributed by atoms with Crippen LogP contribution in [0.5, 0.6) is 0 Å². The van der Waals surface area contributed by atoms with Gasteiger partial charge < -0.3 is 11.5 Å². The predicted molar refractivity (Wildman–Crippen MR) is 161 cm³/mol. The number of amides is 2. The fourth-order valence-corrected chi connectivity index (χ4v) is 7.33. The van der Waals surface area contributed by atoms with E-state index in [2.05, 4.69) is 0 Å². The molecular formula is C36H36N2O3. The molecule has 5 heteroatoms. The third-order valence-corrected chi connectivity index (χ3v) is 9.20. The van der Waals surface area contributed by atoms with Gasteiger partial charge in [-0.2, -0.15) is 0 Å². The van der Waals surface area contributed by atoms with Gasteiger partial charge in [-0.1, -0.05) is 121 Å². The van der Waals surface area contributed by atoms with E-state index in [0.29, 0.717) is 0 Å². The Hall–Kier alpha value is -4.51. The van der Waals surface area contributed by atoms with Crippen molar-refractivity contribution in [3.63, 3.8) is 0 Å². The molecule has 4 aromatic carbocycles. The number of rotatable bonds is 10. The first kappa shape index (κ1) is 28.0. The molecule has 2 unspecified atom stereocenters.